The van der Waals surface area contributed by atoms with Crippen LogP contribution in [0.3, 0.4) is 0 Å². The zero-order valence-corrected chi connectivity index (χ0v) is 13.4. The topological polar surface area (TPSA) is 63.2 Å². The number of sulfone groups is 1. The van der Waals surface area contributed by atoms with Crippen LogP contribution in [0.1, 0.15) is 31.4 Å². The van der Waals surface area contributed by atoms with Crippen molar-refractivity contribution in [3.05, 3.63) is 10.0 Å². The van der Waals surface area contributed by atoms with Crippen LogP contribution in [0.4, 0.5) is 0 Å². The van der Waals surface area contributed by atoms with Crippen LogP contribution >= 0.6 is 23.1 Å². The molecule has 1 heterocycles. The summed E-state index contributed by atoms with van der Waals surface area (Å²) in [6.45, 7) is 0.548. The lowest BCUT2D eigenvalue weighted by Crippen LogP contribution is -2.46. The van der Waals surface area contributed by atoms with E-state index in [1.54, 1.807) is 0 Å². The summed E-state index contributed by atoms with van der Waals surface area (Å²) in [5.74, 6) is 0. The van der Waals surface area contributed by atoms with Crippen LogP contribution in [-0.4, -0.2) is 47.5 Å². The number of aromatic nitrogens is 2. The lowest BCUT2D eigenvalue weighted by Gasteiger charge is -2.36. The van der Waals surface area contributed by atoms with E-state index in [9.17, 15) is 8.42 Å². The third kappa shape index (κ3) is 3.65. The van der Waals surface area contributed by atoms with Gasteiger partial charge in [0.2, 0.25) is 0 Å². The Hall–Kier alpha value is -0.240. The van der Waals surface area contributed by atoms with Gasteiger partial charge in [0.25, 0.3) is 0 Å². The van der Waals surface area contributed by atoms with E-state index in [4.69, 9.17) is 11.6 Å². The van der Waals surface area contributed by atoms with Crippen LogP contribution in [0.2, 0.25) is 4.34 Å². The zero-order valence-electron chi connectivity index (χ0n) is 11.0. The number of rotatable bonds is 4. The van der Waals surface area contributed by atoms with Crippen molar-refractivity contribution in [2.75, 3.05) is 13.3 Å². The molecule has 2 atom stereocenters. The normalized spacial score (nSPS) is 24.8. The van der Waals surface area contributed by atoms with Gasteiger partial charge in [0, 0.05) is 30.4 Å². The maximum Gasteiger partial charge on any atom is 0.151 e. The molecule has 0 bridgehead atoms. The van der Waals surface area contributed by atoms with Crippen molar-refractivity contribution in [3.8, 4) is 0 Å². The molecule has 1 fully saturated rings. The summed E-state index contributed by atoms with van der Waals surface area (Å²) in [7, 11) is -1.08. The molecule has 0 amide bonds. The van der Waals surface area contributed by atoms with Crippen molar-refractivity contribution in [3.63, 3.8) is 0 Å². The lowest BCUT2D eigenvalue weighted by atomic mass is 9.94. The molecular weight excluding hydrogens is 306 g/mol. The van der Waals surface area contributed by atoms with Gasteiger partial charge in [-0.25, -0.2) is 8.42 Å². The highest BCUT2D eigenvalue weighted by Gasteiger charge is 2.35. The summed E-state index contributed by atoms with van der Waals surface area (Å²) >= 11 is 7.16. The first-order chi connectivity index (χ1) is 8.89. The van der Waals surface area contributed by atoms with E-state index in [0.29, 0.717) is 10.9 Å². The van der Waals surface area contributed by atoms with Gasteiger partial charge >= 0.3 is 0 Å². The Balaban J connectivity index is 2.12. The van der Waals surface area contributed by atoms with Gasteiger partial charge in [-0.3, -0.25) is 4.90 Å². The van der Waals surface area contributed by atoms with E-state index in [0.717, 1.165) is 42.9 Å². The molecule has 0 saturated heterocycles. The van der Waals surface area contributed by atoms with Gasteiger partial charge in [-0.1, -0.05) is 28.9 Å². The van der Waals surface area contributed by atoms with Gasteiger partial charge in [0.15, 0.2) is 9.84 Å². The van der Waals surface area contributed by atoms with E-state index >= 15 is 0 Å². The molecule has 1 aromatic heterocycles. The number of halogens is 1. The van der Waals surface area contributed by atoms with E-state index in [1.807, 2.05) is 11.9 Å². The molecule has 0 radical (unpaired) electrons. The highest BCUT2D eigenvalue weighted by Crippen LogP contribution is 2.29. The number of hydrogen-bond donors (Lipinski definition) is 0. The molecule has 0 aliphatic heterocycles. The Labute approximate surface area is 123 Å². The molecule has 0 N–H and O–H groups in total. The van der Waals surface area contributed by atoms with Crippen LogP contribution in [0.5, 0.6) is 0 Å². The number of hydrogen-bond acceptors (Lipinski definition) is 6. The fourth-order valence-corrected chi connectivity index (χ4v) is 4.85. The van der Waals surface area contributed by atoms with Gasteiger partial charge in [-0.15, -0.1) is 5.10 Å². The Morgan fingerprint density at radius 2 is 2.11 bits per heavy atom. The molecule has 1 aliphatic carbocycles. The van der Waals surface area contributed by atoms with Crippen LogP contribution in [0, 0.1) is 0 Å². The second-order valence-corrected chi connectivity index (χ2v) is 8.75. The standard InChI is InChI=1S/C11H18ClN3O2S2/c1-15(7-8-11(12)18-14-13-8)9-5-3-4-6-10(9)19(2,16)17/h9-10H,3-7H2,1-2H3/t9-,10-/m0/s1. The van der Waals surface area contributed by atoms with Gasteiger partial charge in [0.05, 0.1) is 5.25 Å². The second-order valence-electron chi connectivity index (χ2n) is 5.13. The maximum atomic E-state index is 11.9. The summed E-state index contributed by atoms with van der Waals surface area (Å²) in [5.41, 5.74) is 0.729. The summed E-state index contributed by atoms with van der Waals surface area (Å²) in [6.07, 6.45) is 5.05. The molecular formula is C11H18ClN3O2S2. The minimum Gasteiger partial charge on any atom is -0.296 e. The zero-order chi connectivity index (χ0) is 14.0. The smallest absolute Gasteiger partial charge is 0.151 e. The van der Waals surface area contributed by atoms with Gasteiger partial charge in [-0.05, 0) is 19.9 Å². The lowest BCUT2D eigenvalue weighted by molar-refractivity contribution is 0.185. The first kappa shape index (κ1) is 15.2. The summed E-state index contributed by atoms with van der Waals surface area (Å²) < 4.78 is 28.2. The molecule has 5 nitrogen and oxygen atoms in total. The summed E-state index contributed by atoms with van der Waals surface area (Å²) in [5, 5.41) is 3.70. The van der Waals surface area contributed by atoms with Gasteiger partial charge < -0.3 is 0 Å². The van der Waals surface area contributed by atoms with Crippen LogP contribution in [0.25, 0.3) is 0 Å². The van der Waals surface area contributed by atoms with Crippen molar-refractivity contribution >= 4 is 33.0 Å². The molecule has 1 saturated carbocycles. The average Bonchev–Trinajstić information content (AvgIpc) is 2.74. The monoisotopic (exact) mass is 323 g/mol. The SMILES string of the molecule is CN(Cc1nnsc1Cl)[C@H]1CCCC[C@@H]1S(C)(=O)=O. The second kappa shape index (κ2) is 6.03. The van der Waals surface area contributed by atoms with Crippen molar-refractivity contribution in [2.45, 2.75) is 43.5 Å². The minimum atomic E-state index is -3.02. The van der Waals surface area contributed by atoms with Crippen molar-refractivity contribution in [1.82, 2.24) is 14.5 Å². The van der Waals surface area contributed by atoms with E-state index in [-0.39, 0.29) is 11.3 Å². The third-order valence-electron chi connectivity index (χ3n) is 3.69. The Bertz CT molecular complexity index is 532. The average molecular weight is 324 g/mol. The van der Waals surface area contributed by atoms with E-state index in [1.165, 1.54) is 6.26 Å². The molecule has 0 unspecified atom stereocenters. The molecule has 1 aliphatic rings. The maximum absolute atomic E-state index is 11.9. The van der Waals surface area contributed by atoms with Gasteiger partial charge in [-0.2, -0.15) is 0 Å². The van der Waals surface area contributed by atoms with Crippen molar-refractivity contribution < 1.29 is 8.42 Å². The predicted molar refractivity (Wildman–Crippen MR) is 77.3 cm³/mol. The quantitative estimate of drug-likeness (QED) is 0.847. The summed E-state index contributed by atoms with van der Waals surface area (Å²) in [6, 6.07) is 0.0431. The molecule has 8 heteroatoms. The van der Waals surface area contributed by atoms with E-state index < -0.39 is 9.84 Å². The fraction of sp³-hybridized carbons (Fsp3) is 0.818. The van der Waals surface area contributed by atoms with Crippen LogP contribution < -0.4 is 0 Å². The Morgan fingerprint density at radius 3 is 2.68 bits per heavy atom. The van der Waals surface area contributed by atoms with E-state index in [2.05, 4.69) is 9.59 Å². The number of nitrogens with zero attached hydrogens (tertiary/aromatic N) is 3. The molecule has 1 aromatic rings. The third-order valence-corrected chi connectivity index (χ3v) is 6.33. The minimum absolute atomic E-state index is 0.0431. The molecule has 0 spiro atoms. The van der Waals surface area contributed by atoms with Crippen LogP contribution in [-0.2, 0) is 16.4 Å². The summed E-state index contributed by atoms with van der Waals surface area (Å²) in [4.78, 5) is 2.05. The molecule has 19 heavy (non-hydrogen) atoms. The van der Waals surface area contributed by atoms with Crippen molar-refractivity contribution in [1.29, 1.82) is 0 Å². The highest BCUT2D eigenvalue weighted by molar-refractivity contribution is 7.91. The molecule has 108 valence electrons. The highest BCUT2D eigenvalue weighted by atomic mass is 35.5. The van der Waals surface area contributed by atoms with Crippen LogP contribution in [0.15, 0.2) is 0 Å². The van der Waals surface area contributed by atoms with Crippen molar-refractivity contribution in [2.24, 2.45) is 0 Å². The first-order valence-electron chi connectivity index (χ1n) is 6.25. The predicted octanol–water partition coefficient (Wildman–Crippen LogP) is 1.98. The first-order valence-corrected chi connectivity index (χ1v) is 9.36. The molecule has 0 aromatic carbocycles. The Morgan fingerprint density at radius 1 is 1.42 bits per heavy atom. The van der Waals surface area contributed by atoms with Gasteiger partial charge in [0.1, 0.15) is 10.0 Å². The molecule has 2 rings (SSSR count). The largest absolute Gasteiger partial charge is 0.296 e. The fourth-order valence-electron chi connectivity index (χ4n) is 2.73. The Kier molecular flexibility index (Phi) is 4.81.